The van der Waals surface area contributed by atoms with E-state index < -0.39 is 0 Å². The van der Waals surface area contributed by atoms with Gasteiger partial charge in [0.05, 0.1) is 0 Å². The fourth-order valence-corrected chi connectivity index (χ4v) is 1.76. The normalized spacial score (nSPS) is 16.4. The molecule has 0 saturated heterocycles. The molecule has 72 valence electrons. The van der Waals surface area contributed by atoms with Crippen LogP contribution < -0.4 is 5.32 Å². The number of aromatic nitrogens is 4. The van der Waals surface area contributed by atoms with Gasteiger partial charge in [0.1, 0.15) is 0 Å². The van der Waals surface area contributed by atoms with E-state index in [2.05, 4.69) is 20.8 Å². The van der Waals surface area contributed by atoms with E-state index in [-0.39, 0.29) is 0 Å². The predicted octanol–water partition coefficient (Wildman–Crippen LogP) is 0.0542. The van der Waals surface area contributed by atoms with Crippen molar-refractivity contribution in [3.63, 3.8) is 0 Å². The molecule has 1 N–H and O–H groups in total. The zero-order valence-electron chi connectivity index (χ0n) is 7.60. The number of hydrogen-bond acceptors (Lipinski definition) is 5. The summed E-state index contributed by atoms with van der Waals surface area (Å²) >= 11 is 1.69. The molecule has 0 amide bonds. The van der Waals surface area contributed by atoms with Crippen LogP contribution in [0.5, 0.6) is 0 Å². The molecule has 1 heterocycles. The maximum atomic E-state index is 3.89. The SMILES string of the molecule is Cn1nnnc1SCCNC1CC1. The maximum absolute atomic E-state index is 3.89. The van der Waals surface area contributed by atoms with Gasteiger partial charge in [0.2, 0.25) is 5.16 Å². The summed E-state index contributed by atoms with van der Waals surface area (Å²) in [4.78, 5) is 0. The zero-order chi connectivity index (χ0) is 9.10. The fourth-order valence-electron chi connectivity index (χ4n) is 1.04. The molecule has 0 unspecified atom stereocenters. The Balaban J connectivity index is 1.64. The summed E-state index contributed by atoms with van der Waals surface area (Å²) in [6.45, 7) is 1.04. The van der Waals surface area contributed by atoms with Crippen molar-refractivity contribution in [2.24, 2.45) is 7.05 Å². The second-order valence-corrected chi connectivity index (χ2v) is 4.22. The Kier molecular flexibility index (Phi) is 2.80. The van der Waals surface area contributed by atoms with Crippen LogP contribution >= 0.6 is 11.8 Å². The quantitative estimate of drug-likeness (QED) is 0.536. The van der Waals surface area contributed by atoms with Crippen molar-refractivity contribution in [2.75, 3.05) is 12.3 Å². The molecule has 1 aromatic rings. The minimum atomic E-state index is 0.790. The molecule has 0 atom stereocenters. The first-order valence-corrected chi connectivity index (χ1v) is 5.43. The molecule has 1 saturated carbocycles. The topological polar surface area (TPSA) is 55.6 Å². The molecule has 1 aromatic heterocycles. The number of aryl methyl sites for hydroxylation is 1. The van der Waals surface area contributed by atoms with Crippen molar-refractivity contribution >= 4 is 11.8 Å². The standard InChI is InChI=1S/C7H13N5S/c1-12-7(9-10-11-12)13-5-4-8-6-2-3-6/h6,8H,2-5H2,1H3. The van der Waals surface area contributed by atoms with E-state index in [4.69, 9.17) is 0 Å². The van der Waals surface area contributed by atoms with Crippen molar-refractivity contribution in [1.82, 2.24) is 25.5 Å². The maximum Gasteiger partial charge on any atom is 0.209 e. The molecule has 1 aliphatic carbocycles. The molecule has 1 aliphatic rings. The summed E-state index contributed by atoms with van der Waals surface area (Å²) < 4.78 is 1.70. The summed E-state index contributed by atoms with van der Waals surface area (Å²) in [5, 5.41) is 15.5. The van der Waals surface area contributed by atoms with Gasteiger partial charge in [-0.3, -0.25) is 0 Å². The minimum absolute atomic E-state index is 0.790. The van der Waals surface area contributed by atoms with E-state index in [0.717, 1.165) is 23.5 Å². The third kappa shape index (κ3) is 2.67. The van der Waals surface area contributed by atoms with Crippen LogP contribution in [0.15, 0.2) is 5.16 Å². The van der Waals surface area contributed by atoms with E-state index in [1.165, 1.54) is 12.8 Å². The summed E-state index contributed by atoms with van der Waals surface area (Å²) in [6.07, 6.45) is 2.69. The van der Waals surface area contributed by atoms with Crippen molar-refractivity contribution in [1.29, 1.82) is 0 Å². The Bertz CT molecular complexity index is 270. The molecule has 0 aliphatic heterocycles. The summed E-state index contributed by atoms with van der Waals surface area (Å²) in [5.41, 5.74) is 0. The molecule has 0 aromatic carbocycles. The Hall–Kier alpha value is -0.620. The van der Waals surface area contributed by atoms with Crippen LogP contribution in [-0.4, -0.2) is 38.5 Å². The Labute approximate surface area is 81.3 Å². The van der Waals surface area contributed by atoms with Gasteiger partial charge in [0.25, 0.3) is 0 Å². The average Bonchev–Trinajstić information content (AvgIpc) is 2.86. The largest absolute Gasteiger partial charge is 0.313 e. The highest BCUT2D eigenvalue weighted by Gasteiger charge is 2.19. The minimum Gasteiger partial charge on any atom is -0.313 e. The third-order valence-corrected chi connectivity index (χ3v) is 2.94. The van der Waals surface area contributed by atoms with Gasteiger partial charge in [0.15, 0.2) is 0 Å². The van der Waals surface area contributed by atoms with Gasteiger partial charge in [0, 0.05) is 25.4 Å². The summed E-state index contributed by atoms with van der Waals surface area (Å²) in [5.74, 6) is 1.03. The van der Waals surface area contributed by atoms with Gasteiger partial charge in [-0.15, -0.1) is 5.10 Å². The van der Waals surface area contributed by atoms with Crippen molar-refractivity contribution < 1.29 is 0 Å². The van der Waals surface area contributed by atoms with Crippen molar-refractivity contribution in [2.45, 2.75) is 24.0 Å². The molecule has 1 fully saturated rings. The lowest BCUT2D eigenvalue weighted by Gasteiger charge is -2.00. The third-order valence-electron chi connectivity index (χ3n) is 1.92. The van der Waals surface area contributed by atoms with Crippen LogP contribution in [0.3, 0.4) is 0 Å². The van der Waals surface area contributed by atoms with Gasteiger partial charge in [-0.1, -0.05) is 11.8 Å². The van der Waals surface area contributed by atoms with Gasteiger partial charge in [-0.05, 0) is 23.3 Å². The highest BCUT2D eigenvalue weighted by molar-refractivity contribution is 7.99. The Morgan fingerprint density at radius 3 is 3.08 bits per heavy atom. The first-order valence-electron chi connectivity index (χ1n) is 4.45. The average molecular weight is 199 g/mol. The highest BCUT2D eigenvalue weighted by Crippen LogP contribution is 2.19. The Morgan fingerprint density at radius 2 is 2.46 bits per heavy atom. The van der Waals surface area contributed by atoms with Crippen LogP contribution in [0.2, 0.25) is 0 Å². The number of rotatable bonds is 5. The summed E-state index contributed by atoms with van der Waals surface area (Å²) in [7, 11) is 1.86. The fraction of sp³-hybridized carbons (Fsp3) is 0.857. The molecule has 13 heavy (non-hydrogen) atoms. The first-order chi connectivity index (χ1) is 6.36. The number of nitrogens with one attached hydrogen (secondary N) is 1. The first kappa shape index (κ1) is 8.96. The van der Waals surface area contributed by atoms with E-state index in [9.17, 15) is 0 Å². The van der Waals surface area contributed by atoms with Gasteiger partial charge in [-0.25, -0.2) is 4.68 Å². The lowest BCUT2D eigenvalue weighted by Crippen LogP contribution is -2.19. The van der Waals surface area contributed by atoms with Crippen molar-refractivity contribution in [3.8, 4) is 0 Å². The van der Waals surface area contributed by atoms with E-state index >= 15 is 0 Å². The molecule has 0 bridgehead atoms. The lowest BCUT2D eigenvalue weighted by molar-refractivity contribution is 0.663. The number of hydrogen-bond donors (Lipinski definition) is 1. The van der Waals surface area contributed by atoms with E-state index in [1.807, 2.05) is 7.05 Å². The molecule has 0 spiro atoms. The molecule has 6 heteroatoms. The van der Waals surface area contributed by atoms with Crippen LogP contribution in [0.4, 0.5) is 0 Å². The predicted molar refractivity (Wildman–Crippen MR) is 50.5 cm³/mol. The zero-order valence-corrected chi connectivity index (χ0v) is 8.42. The van der Waals surface area contributed by atoms with Crippen LogP contribution in [0.25, 0.3) is 0 Å². The number of nitrogens with zero attached hydrogens (tertiary/aromatic N) is 4. The van der Waals surface area contributed by atoms with E-state index in [1.54, 1.807) is 16.4 Å². The van der Waals surface area contributed by atoms with Crippen molar-refractivity contribution in [3.05, 3.63) is 0 Å². The van der Waals surface area contributed by atoms with Crippen LogP contribution in [0, 0.1) is 0 Å². The second-order valence-electron chi connectivity index (χ2n) is 3.16. The molecule has 2 rings (SSSR count). The monoisotopic (exact) mass is 199 g/mol. The Morgan fingerprint density at radius 1 is 1.62 bits per heavy atom. The summed E-state index contributed by atoms with van der Waals surface area (Å²) in [6, 6.07) is 0.790. The highest BCUT2D eigenvalue weighted by atomic mass is 32.2. The number of tetrazole rings is 1. The van der Waals surface area contributed by atoms with Gasteiger partial charge >= 0.3 is 0 Å². The molecule has 0 radical (unpaired) electrons. The van der Waals surface area contributed by atoms with E-state index in [0.29, 0.717) is 0 Å². The second kappa shape index (κ2) is 4.06. The lowest BCUT2D eigenvalue weighted by atomic mass is 10.6. The molecule has 5 nitrogen and oxygen atoms in total. The van der Waals surface area contributed by atoms with Crippen LogP contribution in [-0.2, 0) is 7.05 Å². The number of thioether (sulfide) groups is 1. The molecular weight excluding hydrogens is 186 g/mol. The molecular formula is C7H13N5S. The smallest absolute Gasteiger partial charge is 0.209 e. The van der Waals surface area contributed by atoms with Gasteiger partial charge < -0.3 is 5.32 Å². The van der Waals surface area contributed by atoms with Crippen LogP contribution in [0.1, 0.15) is 12.8 Å². The van der Waals surface area contributed by atoms with Gasteiger partial charge in [-0.2, -0.15) is 0 Å².